The predicted molar refractivity (Wildman–Crippen MR) is 208 cm³/mol. The van der Waals surface area contributed by atoms with E-state index in [0.717, 1.165) is 14.0 Å². The van der Waals surface area contributed by atoms with Crippen molar-refractivity contribution < 1.29 is 82.0 Å². The number of methoxy groups -OCH3 is 1. The van der Waals surface area contributed by atoms with Crippen molar-refractivity contribution in [3.8, 4) is 0 Å². The molecule has 1 aromatic rings. The van der Waals surface area contributed by atoms with Crippen molar-refractivity contribution in [3.05, 3.63) is 47.2 Å². The zero-order valence-electron chi connectivity index (χ0n) is 36.3. The van der Waals surface area contributed by atoms with Crippen LogP contribution in [-0.2, 0) is 52.3 Å². The fraction of sp³-hybridized carbons (Fsp3) is 0.674. The Balaban J connectivity index is 1.55. The van der Waals surface area contributed by atoms with Gasteiger partial charge in [0.1, 0.15) is 29.5 Å². The number of rotatable bonds is 7. The van der Waals surface area contributed by atoms with Gasteiger partial charge in [-0.25, -0.2) is 19.2 Å². The van der Waals surface area contributed by atoms with E-state index in [1.165, 1.54) is 19.1 Å². The lowest BCUT2D eigenvalue weighted by Gasteiger charge is -2.67. The lowest BCUT2D eigenvalue weighted by molar-refractivity contribution is -0.343. The number of ether oxygens (including phenoxy) is 8. The van der Waals surface area contributed by atoms with Gasteiger partial charge in [0.2, 0.25) is 5.78 Å². The summed E-state index contributed by atoms with van der Waals surface area (Å²) < 4.78 is 46.2. The number of amides is 1. The minimum absolute atomic E-state index is 0.0158. The molecule has 336 valence electrons. The second kappa shape index (κ2) is 15.6. The summed E-state index contributed by atoms with van der Waals surface area (Å²) in [6, 6.07) is 6.56. The highest BCUT2D eigenvalue weighted by atomic mass is 16.8. The first kappa shape index (κ1) is 45.9. The molecule has 18 heteroatoms. The highest BCUT2D eigenvalue weighted by molar-refractivity contribution is 6.02. The van der Waals surface area contributed by atoms with Gasteiger partial charge in [0.15, 0.2) is 23.8 Å². The fourth-order valence-corrected chi connectivity index (χ4v) is 9.99. The molecule has 2 bridgehead atoms. The first-order valence-corrected chi connectivity index (χ1v) is 20.2. The van der Waals surface area contributed by atoms with Crippen LogP contribution < -0.4 is 5.32 Å². The van der Waals surface area contributed by atoms with Crippen LogP contribution in [0.15, 0.2) is 41.7 Å². The Hall–Kier alpha value is -4.62. The molecule has 3 aliphatic carbocycles. The SMILES string of the molecule is COC(=O)O[C@@]12CO[C@@H]1CC(O)[C@@]1(C)C(=O)C(OC(C)=O)=C3C(C)[C@H](OC(=O)C4OC(O)C(C)(C)[C@@H]4NC(=O)OC(C)(C)C)C[C@@](O)([C@@H](OC(=O)c4ccccc4)C12)C3(C)C. The van der Waals surface area contributed by atoms with Crippen LogP contribution in [0.3, 0.4) is 0 Å². The van der Waals surface area contributed by atoms with Gasteiger partial charge in [-0.05, 0) is 45.4 Å². The first-order chi connectivity index (χ1) is 28.2. The molecule has 0 radical (unpaired) electrons. The molecule has 61 heavy (non-hydrogen) atoms. The van der Waals surface area contributed by atoms with E-state index < -0.39 is 136 Å². The number of hydrogen-bond acceptors (Lipinski definition) is 17. The Morgan fingerprint density at radius 1 is 0.967 bits per heavy atom. The molecule has 0 aromatic heterocycles. The number of fused-ring (bicyclic) bond motifs is 5. The van der Waals surface area contributed by atoms with Crippen LogP contribution >= 0.6 is 0 Å². The minimum atomic E-state index is -2.42. The first-order valence-electron chi connectivity index (χ1n) is 20.2. The number of nitrogens with one attached hydrogen (secondary N) is 1. The average molecular weight is 860 g/mol. The maximum atomic E-state index is 15.5. The molecule has 4 fully saturated rings. The van der Waals surface area contributed by atoms with Gasteiger partial charge in [-0.2, -0.15) is 0 Å². The Bertz CT molecular complexity index is 1990. The highest BCUT2D eigenvalue weighted by Gasteiger charge is 2.78. The van der Waals surface area contributed by atoms with Crippen molar-refractivity contribution in [3.63, 3.8) is 0 Å². The number of aliphatic hydroxyl groups is 3. The van der Waals surface area contributed by atoms with Crippen LogP contribution in [0.25, 0.3) is 0 Å². The molecule has 1 aromatic carbocycles. The number of hydrogen-bond donors (Lipinski definition) is 4. The molecule has 12 atom stereocenters. The van der Waals surface area contributed by atoms with E-state index >= 15 is 4.79 Å². The molecule has 0 spiro atoms. The summed E-state index contributed by atoms with van der Waals surface area (Å²) in [7, 11) is 1.06. The maximum absolute atomic E-state index is 15.5. The van der Waals surface area contributed by atoms with Gasteiger partial charge < -0.3 is 58.5 Å². The van der Waals surface area contributed by atoms with Crippen LogP contribution in [0.4, 0.5) is 9.59 Å². The third kappa shape index (κ3) is 7.47. The number of ketones is 1. The van der Waals surface area contributed by atoms with E-state index in [0.29, 0.717) is 0 Å². The van der Waals surface area contributed by atoms with Crippen molar-refractivity contribution in [2.24, 2.45) is 28.1 Å². The summed E-state index contributed by atoms with van der Waals surface area (Å²) in [5, 5.41) is 39.3. The van der Waals surface area contributed by atoms with E-state index in [2.05, 4.69) is 5.32 Å². The second-order valence-electron chi connectivity index (χ2n) is 19.1. The number of carbonyl (C=O) groups is 6. The number of carbonyl (C=O) groups excluding carboxylic acids is 6. The summed E-state index contributed by atoms with van der Waals surface area (Å²) in [6.07, 6.45) is -12.1. The number of esters is 3. The van der Waals surface area contributed by atoms with Gasteiger partial charge in [0.25, 0.3) is 0 Å². The molecule has 5 aliphatic rings. The summed E-state index contributed by atoms with van der Waals surface area (Å²) in [6.45, 7) is 14.8. The number of aliphatic hydroxyl groups excluding tert-OH is 2. The molecular weight excluding hydrogens is 802 g/mol. The summed E-state index contributed by atoms with van der Waals surface area (Å²) in [4.78, 5) is 83.2. The van der Waals surface area contributed by atoms with Crippen molar-refractivity contribution in [2.45, 2.75) is 142 Å². The quantitative estimate of drug-likeness (QED) is 0.227. The topological polar surface area (TPSA) is 249 Å². The molecule has 6 rings (SSSR count). The molecule has 18 nitrogen and oxygen atoms in total. The number of allylic oxidation sites excluding steroid dienone is 1. The summed E-state index contributed by atoms with van der Waals surface area (Å²) in [5.74, 6) is -7.17. The van der Waals surface area contributed by atoms with Crippen molar-refractivity contribution >= 4 is 35.9 Å². The Morgan fingerprint density at radius 3 is 2.16 bits per heavy atom. The second-order valence-corrected chi connectivity index (χ2v) is 19.1. The van der Waals surface area contributed by atoms with Crippen molar-refractivity contribution in [2.75, 3.05) is 13.7 Å². The summed E-state index contributed by atoms with van der Waals surface area (Å²) >= 11 is 0. The zero-order valence-corrected chi connectivity index (χ0v) is 36.3. The smallest absolute Gasteiger partial charge is 0.460 e. The van der Waals surface area contributed by atoms with Gasteiger partial charge >= 0.3 is 30.2 Å². The lowest BCUT2D eigenvalue weighted by atomic mass is 9.45. The molecule has 2 aliphatic heterocycles. The fourth-order valence-electron chi connectivity index (χ4n) is 9.99. The predicted octanol–water partition coefficient (Wildman–Crippen LogP) is 3.27. The van der Waals surface area contributed by atoms with E-state index in [-0.39, 0.29) is 24.2 Å². The van der Waals surface area contributed by atoms with Gasteiger partial charge in [0.05, 0.1) is 42.8 Å². The molecular formula is C43H57NO17. The molecule has 4 N–H and O–H groups in total. The summed E-state index contributed by atoms with van der Waals surface area (Å²) in [5.41, 5.74) is -10.3. The van der Waals surface area contributed by atoms with Gasteiger partial charge in [0, 0.05) is 36.5 Å². The standard InChI is InChI=1S/C43H57NO17/c1-20-23(57-34(49)28-30(39(6,7)35(50)58-28)44-36(51)60-38(3,4)5)18-43(53)32(59-33(48)22-15-13-12-14-16-22)29-41(10,31(47)27(56-21(2)45)26(20)40(43,8)9)24(46)17-25-42(29,19-55-25)61-37(52)54-11/h12-16,20,23-25,28-30,32,35,46,50,53H,17-19H2,1-11H3,(H,44,51)/t20?,23-,24?,25-,28?,29?,30-,32+,35?,41-,42+,43-/m1/s1. The Kier molecular flexibility index (Phi) is 11.8. The van der Waals surface area contributed by atoms with Crippen LogP contribution in [0, 0.1) is 28.1 Å². The van der Waals surface area contributed by atoms with Crippen LogP contribution in [0.2, 0.25) is 0 Å². The van der Waals surface area contributed by atoms with E-state index in [4.69, 9.17) is 37.9 Å². The largest absolute Gasteiger partial charge is 0.508 e. The van der Waals surface area contributed by atoms with Crippen LogP contribution in [-0.4, -0.2) is 125 Å². The Morgan fingerprint density at radius 2 is 1.61 bits per heavy atom. The molecule has 5 unspecified atom stereocenters. The van der Waals surface area contributed by atoms with Crippen LogP contribution in [0.1, 0.15) is 92.4 Å². The van der Waals surface area contributed by atoms with E-state index in [9.17, 15) is 39.3 Å². The van der Waals surface area contributed by atoms with Gasteiger partial charge in [-0.15, -0.1) is 0 Å². The third-order valence-electron chi connectivity index (χ3n) is 13.5. The van der Waals surface area contributed by atoms with Crippen molar-refractivity contribution in [1.82, 2.24) is 5.32 Å². The van der Waals surface area contributed by atoms with Gasteiger partial charge in [-0.1, -0.05) is 52.8 Å². The molecule has 2 heterocycles. The third-order valence-corrected chi connectivity index (χ3v) is 13.5. The van der Waals surface area contributed by atoms with Crippen LogP contribution in [0.5, 0.6) is 0 Å². The molecule has 2 saturated carbocycles. The van der Waals surface area contributed by atoms with E-state index in [1.54, 1.807) is 73.6 Å². The number of Topliss-reactive ketones (excluding diaryl/α,β-unsaturated/α-hetero) is 1. The van der Waals surface area contributed by atoms with Crippen molar-refractivity contribution in [1.29, 1.82) is 0 Å². The monoisotopic (exact) mass is 859 g/mol. The normalized spacial score (nSPS) is 37.3. The molecule has 1 amide bonds. The average Bonchev–Trinajstić information content (AvgIpc) is 3.38. The Labute approximate surface area is 353 Å². The lowest BCUT2D eigenvalue weighted by Crippen LogP contribution is -2.81. The van der Waals surface area contributed by atoms with E-state index in [1.807, 2.05) is 0 Å². The maximum Gasteiger partial charge on any atom is 0.508 e. The highest BCUT2D eigenvalue weighted by Crippen LogP contribution is 2.65. The van der Waals surface area contributed by atoms with Gasteiger partial charge in [-0.3, -0.25) is 9.59 Å². The minimum Gasteiger partial charge on any atom is -0.460 e. The number of alkyl carbamates (subject to hydrolysis) is 1. The number of benzene rings is 1. The zero-order chi connectivity index (χ0) is 45.4. The molecule has 2 saturated heterocycles.